The molecule has 0 atom stereocenters. The second-order valence-corrected chi connectivity index (χ2v) is 4.90. The van der Waals surface area contributed by atoms with Gasteiger partial charge in [-0.1, -0.05) is 11.6 Å². The van der Waals surface area contributed by atoms with Crippen LogP contribution >= 0.6 is 11.6 Å². The van der Waals surface area contributed by atoms with Crippen LogP contribution < -0.4 is 20.7 Å². The maximum Gasteiger partial charge on any atom is 0.321 e. The van der Waals surface area contributed by atoms with E-state index in [-0.39, 0.29) is 13.2 Å². The molecule has 1 heterocycles. The molecule has 8 heteroatoms. The predicted octanol–water partition coefficient (Wildman–Crippen LogP) is 2.38. The van der Waals surface area contributed by atoms with Crippen LogP contribution in [0.25, 0.3) is 0 Å². The number of carbonyl (C=O) groups excluding carboxylic acids is 2. The Kier molecular flexibility index (Phi) is 5.87. The molecule has 1 aromatic heterocycles. The Labute approximate surface area is 137 Å². The normalized spacial score (nSPS) is 10.0. The van der Waals surface area contributed by atoms with Gasteiger partial charge in [-0.2, -0.15) is 0 Å². The smallest absolute Gasteiger partial charge is 0.321 e. The lowest BCUT2D eigenvalue weighted by Crippen LogP contribution is -2.40. The molecule has 23 heavy (non-hydrogen) atoms. The monoisotopic (exact) mass is 337 g/mol. The third-order valence-corrected chi connectivity index (χ3v) is 3.11. The van der Waals surface area contributed by atoms with Crippen LogP contribution in [0.3, 0.4) is 0 Å². The van der Waals surface area contributed by atoms with Gasteiger partial charge in [-0.3, -0.25) is 10.1 Å². The van der Waals surface area contributed by atoms with E-state index < -0.39 is 11.9 Å². The number of furan rings is 1. The molecule has 0 radical (unpaired) electrons. The van der Waals surface area contributed by atoms with Crippen LogP contribution in [-0.2, 0) is 11.4 Å². The van der Waals surface area contributed by atoms with E-state index in [1.165, 1.54) is 7.05 Å². The lowest BCUT2D eigenvalue weighted by molar-refractivity contribution is -0.118. The van der Waals surface area contributed by atoms with Crippen molar-refractivity contribution in [2.24, 2.45) is 0 Å². The molecule has 0 saturated carbocycles. The van der Waals surface area contributed by atoms with E-state index in [1.807, 2.05) is 0 Å². The lowest BCUT2D eigenvalue weighted by Gasteiger charge is -2.10. The number of urea groups is 1. The van der Waals surface area contributed by atoms with Crippen LogP contribution in [0.5, 0.6) is 5.75 Å². The number of hydrogen-bond acceptors (Lipinski definition) is 5. The van der Waals surface area contributed by atoms with E-state index in [1.54, 1.807) is 36.6 Å². The summed E-state index contributed by atoms with van der Waals surface area (Å²) in [6.45, 7) is 0.213. The molecule has 0 unspecified atom stereocenters. The Bertz CT molecular complexity index is 673. The predicted molar refractivity (Wildman–Crippen MR) is 85.6 cm³/mol. The summed E-state index contributed by atoms with van der Waals surface area (Å²) in [4.78, 5) is 22.5. The van der Waals surface area contributed by atoms with Crippen molar-refractivity contribution in [3.63, 3.8) is 0 Å². The van der Waals surface area contributed by atoms with Gasteiger partial charge in [-0.15, -0.1) is 0 Å². The number of benzene rings is 1. The van der Waals surface area contributed by atoms with Crippen molar-refractivity contribution in [2.45, 2.75) is 6.61 Å². The van der Waals surface area contributed by atoms with E-state index in [2.05, 4.69) is 16.0 Å². The molecule has 3 amide bonds. The number of rotatable bonds is 6. The summed E-state index contributed by atoms with van der Waals surface area (Å²) in [5.41, 5.74) is 0.632. The Balaban J connectivity index is 1.86. The fraction of sp³-hybridized carbons (Fsp3) is 0.200. The van der Waals surface area contributed by atoms with Crippen LogP contribution in [0.1, 0.15) is 5.76 Å². The minimum Gasteiger partial charge on any atom is -0.484 e. The summed E-state index contributed by atoms with van der Waals surface area (Å²) in [6, 6.07) is 8.05. The molecule has 122 valence electrons. The highest BCUT2D eigenvalue weighted by Gasteiger charge is 2.08. The first-order valence-electron chi connectivity index (χ1n) is 6.78. The zero-order valence-electron chi connectivity index (χ0n) is 12.4. The van der Waals surface area contributed by atoms with E-state index in [9.17, 15) is 9.59 Å². The van der Waals surface area contributed by atoms with E-state index in [0.717, 1.165) is 0 Å². The minimum absolute atomic E-state index is 0.0592. The summed E-state index contributed by atoms with van der Waals surface area (Å²) in [6.07, 6.45) is 1.57. The molecule has 1 aromatic carbocycles. The number of anilines is 1. The molecule has 0 saturated heterocycles. The summed E-state index contributed by atoms with van der Waals surface area (Å²) in [5, 5.41) is 7.69. The van der Waals surface area contributed by atoms with Crippen LogP contribution in [0.2, 0.25) is 5.02 Å². The quantitative estimate of drug-likeness (QED) is 0.752. The Morgan fingerprint density at radius 3 is 2.78 bits per heavy atom. The topological polar surface area (TPSA) is 92.6 Å². The Hall–Kier alpha value is -2.67. The molecule has 2 rings (SSSR count). The van der Waals surface area contributed by atoms with E-state index in [4.69, 9.17) is 20.8 Å². The second kappa shape index (κ2) is 8.09. The average Bonchev–Trinajstić information content (AvgIpc) is 3.05. The van der Waals surface area contributed by atoms with Gasteiger partial charge in [0.15, 0.2) is 0 Å². The first-order chi connectivity index (χ1) is 11.1. The van der Waals surface area contributed by atoms with Crippen LogP contribution in [0.4, 0.5) is 10.5 Å². The standard InChI is InChI=1S/C15H16ClN3O4/c1-17-15(21)19-14(20)8-18-10-4-5-13(12(16)7-10)23-9-11-3-2-6-22-11/h2-7,18H,8-9H2,1H3,(H2,17,19,20,21). The van der Waals surface area contributed by atoms with Crippen LogP contribution in [0.15, 0.2) is 41.0 Å². The SMILES string of the molecule is CNC(=O)NC(=O)CNc1ccc(OCc2ccco2)c(Cl)c1. The van der Waals surface area contributed by atoms with Gasteiger partial charge in [0, 0.05) is 12.7 Å². The van der Waals surface area contributed by atoms with Crippen molar-refractivity contribution in [1.29, 1.82) is 0 Å². The summed E-state index contributed by atoms with van der Waals surface area (Å²) in [7, 11) is 1.43. The highest BCUT2D eigenvalue weighted by molar-refractivity contribution is 6.32. The molecule has 3 N–H and O–H groups in total. The molecule has 7 nitrogen and oxygen atoms in total. The van der Waals surface area contributed by atoms with Crippen molar-refractivity contribution in [3.8, 4) is 5.75 Å². The number of amides is 3. The molecule has 0 aliphatic carbocycles. The number of halogens is 1. The first-order valence-corrected chi connectivity index (χ1v) is 7.16. The van der Waals surface area contributed by atoms with Gasteiger partial charge in [0.1, 0.15) is 18.1 Å². The minimum atomic E-state index is -0.559. The molecule has 2 aromatic rings. The third kappa shape index (κ3) is 5.23. The van der Waals surface area contributed by atoms with Gasteiger partial charge in [0.05, 0.1) is 17.8 Å². The molecule has 0 fully saturated rings. The highest BCUT2D eigenvalue weighted by atomic mass is 35.5. The summed E-state index contributed by atoms with van der Waals surface area (Å²) >= 11 is 6.13. The van der Waals surface area contributed by atoms with E-state index >= 15 is 0 Å². The number of nitrogens with one attached hydrogen (secondary N) is 3. The van der Waals surface area contributed by atoms with Crippen molar-refractivity contribution >= 4 is 29.2 Å². The zero-order valence-corrected chi connectivity index (χ0v) is 13.1. The van der Waals surface area contributed by atoms with Gasteiger partial charge in [-0.25, -0.2) is 4.79 Å². The fourth-order valence-electron chi connectivity index (χ4n) is 1.69. The van der Waals surface area contributed by atoms with Gasteiger partial charge < -0.3 is 19.8 Å². The largest absolute Gasteiger partial charge is 0.484 e. The number of hydrogen-bond donors (Lipinski definition) is 3. The average molecular weight is 338 g/mol. The molecular formula is C15H16ClN3O4. The number of imide groups is 1. The van der Waals surface area contributed by atoms with Crippen molar-refractivity contribution in [3.05, 3.63) is 47.4 Å². The van der Waals surface area contributed by atoms with Crippen molar-refractivity contribution in [1.82, 2.24) is 10.6 Å². The molecule has 0 spiro atoms. The third-order valence-electron chi connectivity index (χ3n) is 2.81. The Morgan fingerprint density at radius 2 is 2.13 bits per heavy atom. The fourth-order valence-corrected chi connectivity index (χ4v) is 1.92. The lowest BCUT2D eigenvalue weighted by atomic mass is 10.3. The first kappa shape index (κ1) is 16.7. The van der Waals surface area contributed by atoms with Gasteiger partial charge in [0.25, 0.3) is 0 Å². The van der Waals surface area contributed by atoms with Crippen molar-refractivity contribution in [2.75, 3.05) is 18.9 Å². The van der Waals surface area contributed by atoms with E-state index in [0.29, 0.717) is 22.2 Å². The molecular weight excluding hydrogens is 322 g/mol. The summed E-state index contributed by atoms with van der Waals surface area (Å²) in [5.74, 6) is 0.733. The summed E-state index contributed by atoms with van der Waals surface area (Å²) < 4.78 is 10.7. The number of ether oxygens (including phenoxy) is 1. The maximum absolute atomic E-state index is 11.5. The number of carbonyl (C=O) groups is 2. The van der Waals surface area contributed by atoms with Crippen LogP contribution in [0, 0.1) is 0 Å². The zero-order chi connectivity index (χ0) is 16.7. The molecule has 0 aliphatic rings. The van der Waals surface area contributed by atoms with Crippen LogP contribution in [-0.4, -0.2) is 25.5 Å². The Morgan fingerprint density at radius 1 is 1.30 bits per heavy atom. The second-order valence-electron chi connectivity index (χ2n) is 4.49. The van der Waals surface area contributed by atoms with Gasteiger partial charge >= 0.3 is 6.03 Å². The van der Waals surface area contributed by atoms with Gasteiger partial charge in [0.2, 0.25) is 5.91 Å². The molecule has 0 aliphatic heterocycles. The van der Waals surface area contributed by atoms with Gasteiger partial charge in [-0.05, 0) is 30.3 Å². The van der Waals surface area contributed by atoms with Crippen molar-refractivity contribution < 1.29 is 18.7 Å². The highest BCUT2D eigenvalue weighted by Crippen LogP contribution is 2.28. The maximum atomic E-state index is 11.5. The molecule has 0 bridgehead atoms.